The summed E-state index contributed by atoms with van der Waals surface area (Å²) in [5, 5.41) is 9.19. The lowest BCUT2D eigenvalue weighted by Gasteiger charge is -2.05. The van der Waals surface area contributed by atoms with Gasteiger partial charge in [0.1, 0.15) is 5.75 Å². The number of hydrogen-bond acceptors (Lipinski definition) is 2. The van der Waals surface area contributed by atoms with E-state index in [1.54, 1.807) is 12.1 Å². The quantitative estimate of drug-likeness (QED) is 0.825. The molecule has 0 heterocycles. The number of thioether (sulfide) groups is 1. The first kappa shape index (κ1) is 17.4. The number of hydrogen-bond donors (Lipinski definition) is 1. The highest BCUT2D eigenvalue weighted by atomic mass is 32.2. The molecule has 0 aliphatic heterocycles. The van der Waals surface area contributed by atoms with Crippen molar-refractivity contribution >= 4 is 11.8 Å². The average molecular weight is 314 g/mol. The van der Waals surface area contributed by atoms with Gasteiger partial charge in [0, 0.05) is 11.5 Å². The number of alkyl halides is 3. The standard InChI is InChI=1S/C15H16OS.CHF3/c1-12-4-2-3-5-14(12)11-17-10-13-6-8-15(16)9-7-13;2-1(3)4/h2-9,16H,10-11H2,1H3;1H. The first-order valence-electron chi connectivity index (χ1n) is 6.31. The Morgan fingerprint density at radius 2 is 1.52 bits per heavy atom. The van der Waals surface area contributed by atoms with E-state index in [-0.39, 0.29) is 0 Å². The number of benzene rings is 2. The smallest absolute Gasteiger partial charge is 0.379 e. The minimum absolute atomic E-state index is 0.331. The van der Waals surface area contributed by atoms with Gasteiger partial charge in [-0.05, 0) is 35.7 Å². The van der Waals surface area contributed by atoms with Crippen molar-refractivity contribution in [2.24, 2.45) is 0 Å². The lowest BCUT2D eigenvalue weighted by molar-refractivity contribution is 0.00819. The number of rotatable bonds is 4. The number of aryl methyl sites for hydroxylation is 1. The van der Waals surface area contributed by atoms with Crippen LogP contribution in [0.4, 0.5) is 13.2 Å². The fourth-order valence-electron chi connectivity index (χ4n) is 1.64. The van der Waals surface area contributed by atoms with Crippen molar-refractivity contribution in [2.45, 2.75) is 25.1 Å². The fourth-order valence-corrected chi connectivity index (χ4v) is 2.72. The lowest BCUT2D eigenvalue weighted by atomic mass is 10.1. The Bertz CT molecular complexity index is 527. The molecule has 2 aromatic rings. The van der Waals surface area contributed by atoms with Crippen LogP contribution in [-0.4, -0.2) is 11.8 Å². The predicted octanol–water partition coefficient (Wildman–Crippen LogP) is 5.31. The molecule has 2 aromatic carbocycles. The molecule has 5 heteroatoms. The third-order valence-electron chi connectivity index (χ3n) is 2.72. The molecule has 1 nitrogen and oxygen atoms in total. The van der Waals surface area contributed by atoms with Crippen LogP contribution in [0.1, 0.15) is 16.7 Å². The topological polar surface area (TPSA) is 20.2 Å². The highest BCUT2D eigenvalue weighted by Gasteiger charge is 1.98. The maximum absolute atomic E-state index is 9.67. The predicted molar refractivity (Wildman–Crippen MR) is 81.4 cm³/mol. The summed E-state index contributed by atoms with van der Waals surface area (Å²) < 4.78 is 29.0. The summed E-state index contributed by atoms with van der Waals surface area (Å²) >= 11 is 1.90. The van der Waals surface area contributed by atoms with Gasteiger partial charge in [0.15, 0.2) is 0 Å². The maximum Gasteiger partial charge on any atom is 0.379 e. The normalized spacial score (nSPS) is 10.1. The molecule has 0 saturated carbocycles. The van der Waals surface area contributed by atoms with Crippen LogP contribution in [0.3, 0.4) is 0 Å². The molecular formula is C16H17F3OS. The van der Waals surface area contributed by atoms with Crippen LogP contribution in [0.5, 0.6) is 5.75 Å². The monoisotopic (exact) mass is 314 g/mol. The second kappa shape index (κ2) is 9.34. The lowest BCUT2D eigenvalue weighted by Crippen LogP contribution is -1.86. The molecule has 0 aromatic heterocycles. The van der Waals surface area contributed by atoms with E-state index in [1.807, 2.05) is 23.9 Å². The molecule has 0 bridgehead atoms. The summed E-state index contributed by atoms with van der Waals surface area (Å²) in [6.07, 6.45) is 0. The van der Waals surface area contributed by atoms with E-state index in [4.69, 9.17) is 0 Å². The van der Waals surface area contributed by atoms with Crippen LogP contribution in [-0.2, 0) is 11.5 Å². The molecule has 0 atom stereocenters. The molecule has 1 N–H and O–H groups in total. The van der Waals surface area contributed by atoms with E-state index in [0.717, 1.165) is 11.5 Å². The summed E-state index contributed by atoms with van der Waals surface area (Å²) in [5.74, 6) is 2.35. The number of aromatic hydroxyl groups is 1. The van der Waals surface area contributed by atoms with Crippen LogP contribution in [0.25, 0.3) is 0 Å². The molecule has 0 amide bonds. The van der Waals surface area contributed by atoms with Gasteiger partial charge in [0.2, 0.25) is 0 Å². The third kappa shape index (κ3) is 7.66. The zero-order valence-corrected chi connectivity index (χ0v) is 12.4. The molecule has 2 rings (SSSR count). The summed E-state index contributed by atoms with van der Waals surface area (Å²) in [6.45, 7) is -1.52. The molecule has 21 heavy (non-hydrogen) atoms. The third-order valence-corrected chi connectivity index (χ3v) is 3.78. The molecule has 0 radical (unpaired) electrons. The van der Waals surface area contributed by atoms with Crippen molar-refractivity contribution in [3.8, 4) is 5.75 Å². The average Bonchev–Trinajstić information content (AvgIpc) is 2.42. The van der Waals surface area contributed by atoms with E-state index in [1.165, 1.54) is 16.7 Å². The number of phenolic OH excluding ortho intramolecular Hbond substituents is 1. The van der Waals surface area contributed by atoms with Gasteiger partial charge >= 0.3 is 6.68 Å². The summed E-state index contributed by atoms with van der Waals surface area (Å²) in [7, 11) is 0. The van der Waals surface area contributed by atoms with Crippen molar-refractivity contribution in [3.63, 3.8) is 0 Å². The SMILES string of the molecule is Cc1ccccc1CSCc1ccc(O)cc1.FC(F)F. The van der Waals surface area contributed by atoms with Crippen LogP contribution in [0.2, 0.25) is 0 Å². The Labute approximate surface area is 126 Å². The van der Waals surface area contributed by atoms with Gasteiger partial charge in [-0.25, -0.2) is 0 Å². The first-order chi connectivity index (χ1) is 9.99. The van der Waals surface area contributed by atoms with E-state index < -0.39 is 6.68 Å². The zero-order valence-electron chi connectivity index (χ0n) is 11.6. The summed E-state index contributed by atoms with van der Waals surface area (Å²) in [4.78, 5) is 0. The van der Waals surface area contributed by atoms with E-state index in [2.05, 4.69) is 31.2 Å². The van der Waals surface area contributed by atoms with Crippen LogP contribution >= 0.6 is 11.8 Å². The zero-order chi connectivity index (χ0) is 15.7. The minimum Gasteiger partial charge on any atom is -0.508 e. The molecule has 0 fully saturated rings. The molecule has 0 unspecified atom stereocenters. The first-order valence-corrected chi connectivity index (χ1v) is 7.47. The van der Waals surface area contributed by atoms with Gasteiger partial charge in [-0.1, -0.05) is 36.4 Å². The van der Waals surface area contributed by atoms with Crippen molar-refractivity contribution in [2.75, 3.05) is 0 Å². The second-order valence-electron chi connectivity index (χ2n) is 4.33. The Hall–Kier alpha value is -1.62. The van der Waals surface area contributed by atoms with Gasteiger partial charge < -0.3 is 5.11 Å². The highest BCUT2D eigenvalue weighted by molar-refractivity contribution is 7.97. The highest BCUT2D eigenvalue weighted by Crippen LogP contribution is 2.21. The van der Waals surface area contributed by atoms with Gasteiger partial charge in [0.25, 0.3) is 0 Å². The van der Waals surface area contributed by atoms with Gasteiger partial charge in [-0.15, -0.1) is 0 Å². The van der Waals surface area contributed by atoms with Crippen molar-refractivity contribution in [3.05, 3.63) is 65.2 Å². The Kier molecular flexibility index (Phi) is 7.75. The van der Waals surface area contributed by atoms with Gasteiger partial charge in [-0.2, -0.15) is 24.9 Å². The van der Waals surface area contributed by atoms with E-state index in [9.17, 15) is 18.3 Å². The molecule has 0 aliphatic carbocycles. The van der Waals surface area contributed by atoms with Gasteiger partial charge in [0.05, 0.1) is 0 Å². The maximum atomic E-state index is 9.67. The van der Waals surface area contributed by atoms with E-state index in [0.29, 0.717) is 5.75 Å². The van der Waals surface area contributed by atoms with Crippen molar-refractivity contribution in [1.29, 1.82) is 0 Å². The van der Waals surface area contributed by atoms with Crippen LogP contribution in [0, 0.1) is 6.92 Å². The Balaban J connectivity index is 0.000000491. The largest absolute Gasteiger partial charge is 0.508 e. The van der Waals surface area contributed by atoms with Gasteiger partial charge in [-0.3, -0.25) is 0 Å². The molecule has 0 saturated heterocycles. The van der Waals surface area contributed by atoms with Crippen molar-refractivity contribution in [1.82, 2.24) is 0 Å². The Morgan fingerprint density at radius 1 is 0.952 bits per heavy atom. The molecule has 0 spiro atoms. The van der Waals surface area contributed by atoms with E-state index >= 15 is 0 Å². The van der Waals surface area contributed by atoms with Crippen LogP contribution < -0.4 is 0 Å². The summed E-state index contributed by atoms with van der Waals surface area (Å²) in [6, 6.07) is 15.9. The number of halogens is 3. The minimum atomic E-state index is -3.67. The summed E-state index contributed by atoms with van der Waals surface area (Å²) in [5.41, 5.74) is 4.00. The number of phenols is 1. The fraction of sp³-hybridized carbons (Fsp3) is 0.250. The van der Waals surface area contributed by atoms with Crippen molar-refractivity contribution < 1.29 is 18.3 Å². The molecule has 114 valence electrons. The Morgan fingerprint density at radius 3 is 2.10 bits per heavy atom. The molecular weight excluding hydrogens is 297 g/mol. The second-order valence-corrected chi connectivity index (χ2v) is 5.32. The van der Waals surface area contributed by atoms with Crippen LogP contribution in [0.15, 0.2) is 48.5 Å². The molecule has 0 aliphatic rings.